The van der Waals surface area contributed by atoms with Crippen LogP contribution in [0.3, 0.4) is 0 Å². The van der Waals surface area contributed by atoms with Gasteiger partial charge in [-0.1, -0.05) is 13.8 Å². The Balaban J connectivity index is 1.89. The SMILES string of the molecule is CC(C)c1nc(NN)cc(N(CC2CC2)C2CC2)n1. The van der Waals surface area contributed by atoms with Crippen LogP contribution in [0.4, 0.5) is 11.6 Å². The number of hydrogen-bond acceptors (Lipinski definition) is 5. The number of nitrogens with zero attached hydrogens (tertiary/aromatic N) is 3. The third-order valence-corrected chi connectivity index (χ3v) is 3.83. The molecule has 0 amide bonds. The summed E-state index contributed by atoms with van der Waals surface area (Å²) in [6, 6.07) is 2.66. The highest BCUT2D eigenvalue weighted by atomic mass is 15.3. The molecule has 2 fully saturated rings. The number of hydrogen-bond donors (Lipinski definition) is 2. The molecular formula is C14H23N5. The average Bonchev–Trinajstić information content (AvgIpc) is 3.27. The van der Waals surface area contributed by atoms with Crippen LogP contribution >= 0.6 is 0 Å². The first-order valence-corrected chi connectivity index (χ1v) is 7.29. The summed E-state index contributed by atoms with van der Waals surface area (Å²) in [6.45, 7) is 5.37. The van der Waals surface area contributed by atoms with Crippen LogP contribution in [-0.2, 0) is 0 Å². The van der Waals surface area contributed by atoms with Crippen LogP contribution in [0.25, 0.3) is 0 Å². The molecule has 0 unspecified atom stereocenters. The lowest BCUT2D eigenvalue weighted by Gasteiger charge is -2.24. The van der Waals surface area contributed by atoms with Gasteiger partial charge in [-0.3, -0.25) is 0 Å². The second-order valence-corrected chi connectivity index (χ2v) is 6.10. The third-order valence-electron chi connectivity index (χ3n) is 3.83. The molecule has 3 rings (SSSR count). The van der Waals surface area contributed by atoms with Crippen molar-refractivity contribution in [2.45, 2.75) is 51.5 Å². The lowest BCUT2D eigenvalue weighted by Crippen LogP contribution is -2.29. The van der Waals surface area contributed by atoms with E-state index in [-0.39, 0.29) is 0 Å². The Morgan fingerprint density at radius 3 is 2.58 bits per heavy atom. The van der Waals surface area contributed by atoms with Gasteiger partial charge in [-0.25, -0.2) is 15.8 Å². The molecule has 1 aromatic heterocycles. The molecule has 3 N–H and O–H groups in total. The van der Waals surface area contributed by atoms with Crippen LogP contribution in [-0.4, -0.2) is 22.6 Å². The molecule has 0 spiro atoms. The first kappa shape index (κ1) is 12.7. The topological polar surface area (TPSA) is 67.1 Å². The van der Waals surface area contributed by atoms with Gasteiger partial charge < -0.3 is 10.3 Å². The van der Waals surface area contributed by atoms with Gasteiger partial charge in [-0.05, 0) is 31.6 Å². The Morgan fingerprint density at radius 1 is 1.32 bits per heavy atom. The molecule has 0 radical (unpaired) electrons. The predicted molar refractivity (Wildman–Crippen MR) is 77.0 cm³/mol. The molecule has 0 saturated heterocycles. The Bertz CT molecular complexity index is 451. The van der Waals surface area contributed by atoms with E-state index in [0.29, 0.717) is 12.0 Å². The molecule has 1 heterocycles. The van der Waals surface area contributed by atoms with Crippen molar-refractivity contribution in [2.75, 3.05) is 16.9 Å². The van der Waals surface area contributed by atoms with E-state index in [4.69, 9.17) is 10.8 Å². The summed E-state index contributed by atoms with van der Waals surface area (Å²) in [6.07, 6.45) is 5.32. The lowest BCUT2D eigenvalue weighted by molar-refractivity contribution is 0.694. The molecule has 0 atom stereocenters. The maximum atomic E-state index is 5.53. The van der Waals surface area contributed by atoms with Gasteiger partial charge in [0.2, 0.25) is 0 Å². The van der Waals surface area contributed by atoms with Crippen LogP contribution in [0.5, 0.6) is 0 Å². The van der Waals surface area contributed by atoms with Crippen molar-refractivity contribution >= 4 is 11.6 Å². The summed E-state index contributed by atoms with van der Waals surface area (Å²) in [4.78, 5) is 11.6. The minimum Gasteiger partial charge on any atom is -0.353 e. The molecule has 19 heavy (non-hydrogen) atoms. The van der Waals surface area contributed by atoms with Crippen LogP contribution in [0, 0.1) is 5.92 Å². The first-order valence-electron chi connectivity index (χ1n) is 7.29. The van der Waals surface area contributed by atoms with Gasteiger partial charge in [0.15, 0.2) is 0 Å². The zero-order valence-corrected chi connectivity index (χ0v) is 11.8. The van der Waals surface area contributed by atoms with E-state index in [2.05, 4.69) is 29.2 Å². The van der Waals surface area contributed by atoms with Crippen molar-refractivity contribution in [3.05, 3.63) is 11.9 Å². The van der Waals surface area contributed by atoms with Crippen molar-refractivity contribution in [1.82, 2.24) is 9.97 Å². The van der Waals surface area contributed by atoms with Gasteiger partial charge in [0.05, 0.1) is 0 Å². The highest BCUT2D eigenvalue weighted by Crippen LogP contribution is 2.37. The van der Waals surface area contributed by atoms with E-state index in [0.717, 1.165) is 29.9 Å². The first-order chi connectivity index (χ1) is 9.17. The summed E-state index contributed by atoms with van der Waals surface area (Å²) in [7, 11) is 0. The third kappa shape index (κ3) is 2.97. The Morgan fingerprint density at radius 2 is 2.05 bits per heavy atom. The van der Waals surface area contributed by atoms with Crippen molar-refractivity contribution in [3.63, 3.8) is 0 Å². The summed E-state index contributed by atoms with van der Waals surface area (Å²) in [5.74, 6) is 9.34. The van der Waals surface area contributed by atoms with E-state index in [1.165, 1.54) is 25.7 Å². The average molecular weight is 261 g/mol. The highest BCUT2D eigenvalue weighted by molar-refractivity contribution is 5.51. The van der Waals surface area contributed by atoms with Gasteiger partial charge in [-0.2, -0.15) is 0 Å². The van der Waals surface area contributed by atoms with Gasteiger partial charge in [0.1, 0.15) is 17.5 Å². The molecule has 0 aliphatic heterocycles. The minimum atomic E-state index is 0.314. The standard InChI is InChI=1S/C14H23N5/c1-9(2)14-16-12(18-15)7-13(17-14)19(11-5-6-11)8-10-3-4-10/h7,9-11H,3-6,8,15H2,1-2H3,(H,16,17,18). The van der Waals surface area contributed by atoms with Crippen LogP contribution in [0.2, 0.25) is 0 Å². The molecule has 2 aliphatic carbocycles. The normalized spacial score (nSPS) is 18.7. The Kier molecular flexibility index (Phi) is 3.31. The van der Waals surface area contributed by atoms with Gasteiger partial charge in [-0.15, -0.1) is 0 Å². The maximum Gasteiger partial charge on any atom is 0.145 e. The number of nitrogens with two attached hydrogens (primary N) is 1. The summed E-state index contributed by atoms with van der Waals surface area (Å²) < 4.78 is 0. The number of nitrogens with one attached hydrogen (secondary N) is 1. The fraction of sp³-hybridized carbons (Fsp3) is 0.714. The van der Waals surface area contributed by atoms with E-state index < -0.39 is 0 Å². The number of hydrazine groups is 1. The Labute approximate surface area is 114 Å². The fourth-order valence-electron chi connectivity index (χ4n) is 2.33. The van der Waals surface area contributed by atoms with E-state index >= 15 is 0 Å². The molecule has 2 aliphatic rings. The lowest BCUT2D eigenvalue weighted by atomic mass is 10.2. The molecule has 5 heteroatoms. The second kappa shape index (κ2) is 4.96. The maximum absolute atomic E-state index is 5.53. The molecule has 0 aromatic carbocycles. The summed E-state index contributed by atoms with van der Waals surface area (Å²) in [5.41, 5.74) is 2.67. The molecule has 2 saturated carbocycles. The van der Waals surface area contributed by atoms with E-state index in [1.54, 1.807) is 0 Å². The van der Waals surface area contributed by atoms with E-state index in [1.807, 2.05) is 6.07 Å². The van der Waals surface area contributed by atoms with E-state index in [9.17, 15) is 0 Å². The number of anilines is 2. The van der Waals surface area contributed by atoms with Crippen LogP contribution < -0.4 is 16.2 Å². The summed E-state index contributed by atoms with van der Waals surface area (Å²) in [5, 5.41) is 0. The number of aromatic nitrogens is 2. The Hall–Kier alpha value is -1.36. The predicted octanol–water partition coefficient (Wildman–Crippen LogP) is 2.26. The monoisotopic (exact) mass is 261 g/mol. The van der Waals surface area contributed by atoms with Crippen molar-refractivity contribution in [3.8, 4) is 0 Å². The smallest absolute Gasteiger partial charge is 0.145 e. The second-order valence-electron chi connectivity index (χ2n) is 6.10. The van der Waals surface area contributed by atoms with Gasteiger partial charge in [0, 0.05) is 24.6 Å². The quantitative estimate of drug-likeness (QED) is 0.607. The summed E-state index contributed by atoms with van der Waals surface area (Å²) >= 11 is 0. The molecule has 5 nitrogen and oxygen atoms in total. The number of nitrogen functional groups attached to an aromatic ring is 1. The van der Waals surface area contributed by atoms with Gasteiger partial charge in [0.25, 0.3) is 0 Å². The zero-order chi connectivity index (χ0) is 13.4. The van der Waals surface area contributed by atoms with Crippen LogP contribution in [0.15, 0.2) is 6.07 Å². The molecular weight excluding hydrogens is 238 g/mol. The molecule has 1 aromatic rings. The van der Waals surface area contributed by atoms with Crippen molar-refractivity contribution in [2.24, 2.45) is 11.8 Å². The molecule has 104 valence electrons. The van der Waals surface area contributed by atoms with Gasteiger partial charge >= 0.3 is 0 Å². The van der Waals surface area contributed by atoms with Crippen molar-refractivity contribution in [1.29, 1.82) is 0 Å². The highest BCUT2D eigenvalue weighted by Gasteiger charge is 2.34. The minimum absolute atomic E-state index is 0.314. The number of rotatable bonds is 6. The molecule has 0 bridgehead atoms. The fourth-order valence-corrected chi connectivity index (χ4v) is 2.33. The zero-order valence-electron chi connectivity index (χ0n) is 11.8. The largest absolute Gasteiger partial charge is 0.353 e. The van der Waals surface area contributed by atoms with Crippen LogP contribution in [0.1, 0.15) is 51.3 Å². The van der Waals surface area contributed by atoms with Crippen molar-refractivity contribution < 1.29 is 0 Å².